The lowest BCUT2D eigenvalue weighted by molar-refractivity contribution is -0.113. The zero-order valence-electron chi connectivity index (χ0n) is 16.5. The van der Waals surface area contributed by atoms with Crippen molar-refractivity contribution in [1.82, 2.24) is 20.2 Å². The average Bonchev–Trinajstić information content (AvgIpc) is 3.20. The van der Waals surface area contributed by atoms with Crippen LogP contribution in [0.25, 0.3) is 5.69 Å². The van der Waals surface area contributed by atoms with Gasteiger partial charge in [-0.2, -0.15) is 4.68 Å². The number of nitrogens with zero attached hydrogens (tertiary/aromatic N) is 4. The number of aromatic nitrogens is 4. The second-order valence-electron chi connectivity index (χ2n) is 5.96. The molecule has 3 rings (SSSR count). The highest BCUT2D eigenvalue weighted by molar-refractivity contribution is 7.99. The minimum Gasteiger partial charge on any atom is -0.493 e. The van der Waals surface area contributed by atoms with Crippen molar-refractivity contribution in [3.8, 4) is 22.9 Å². The lowest BCUT2D eigenvalue weighted by atomic mass is 10.2. The zero-order valence-corrected chi connectivity index (χ0v) is 17.3. The maximum absolute atomic E-state index is 12.4. The number of aryl methyl sites for hydroxylation is 1. The quantitative estimate of drug-likeness (QED) is 0.561. The number of hydrogen-bond donors (Lipinski definition) is 1. The molecule has 0 aliphatic rings. The number of ether oxygens (including phenoxy) is 3. The van der Waals surface area contributed by atoms with Crippen LogP contribution in [0.5, 0.6) is 17.2 Å². The molecule has 0 atom stereocenters. The van der Waals surface area contributed by atoms with E-state index in [0.717, 1.165) is 11.3 Å². The molecule has 0 bridgehead atoms. The molecule has 2 aromatic carbocycles. The summed E-state index contributed by atoms with van der Waals surface area (Å²) in [7, 11) is 4.56. The summed E-state index contributed by atoms with van der Waals surface area (Å²) >= 11 is 1.24. The molecule has 3 aromatic rings. The first kappa shape index (κ1) is 20.5. The lowest BCUT2D eigenvalue weighted by Gasteiger charge is -2.14. The number of anilines is 1. The Kier molecular flexibility index (Phi) is 6.55. The summed E-state index contributed by atoms with van der Waals surface area (Å²) in [4.78, 5) is 12.4. The molecule has 152 valence electrons. The summed E-state index contributed by atoms with van der Waals surface area (Å²) in [5.41, 5.74) is 2.50. The number of hydrogen-bond acceptors (Lipinski definition) is 8. The van der Waals surface area contributed by atoms with Crippen LogP contribution in [-0.4, -0.2) is 53.2 Å². The Balaban J connectivity index is 1.68. The van der Waals surface area contributed by atoms with Gasteiger partial charge in [-0.05, 0) is 29.5 Å². The van der Waals surface area contributed by atoms with Crippen LogP contribution in [0.2, 0.25) is 0 Å². The third-order valence-electron chi connectivity index (χ3n) is 4.00. The summed E-state index contributed by atoms with van der Waals surface area (Å²) in [6, 6.07) is 11.1. The van der Waals surface area contributed by atoms with Gasteiger partial charge in [0.25, 0.3) is 0 Å². The van der Waals surface area contributed by atoms with Crippen LogP contribution in [0.3, 0.4) is 0 Å². The first-order chi connectivity index (χ1) is 14.0. The molecule has 0 saturated heterocycles. The number of rotatable bonds is 8. The van der Waals surface area contributed by atoms with E-state index in [-0.39, 0.29) is 11.7 Å². The van der Waals surface area contributed by atoms with E-state index >= 15 is 0 Å². The number of benzene rings is 2. The van der Waals surface area contributed by atoms with Gasteiger partial charge in [-0.3, -0.25) is 4.79 Å². The topological polar surface area (TPSA) is 100 Å². The van der Waals surface area contributed by atoms with E-state index in [1.165, 1.54) is 33.1 Å². The third-order valence-corrected chi connectivity index (χ3v) is 4.92. The summed E-state index contributed by atoms with van der Waals surface area (Å²) < 4.78 is 17.5. The second-order valence-corrected chi connectivity index (χ2v) is 6.90. The summed E-state index contributed by atoms with van der Waals surface area (Å²) in [5.74, 6) is 1.28. The average molecular weight is 415 g/mol. The van der Waals surface area contributed by atoms with Crippen molar-refractivity contribution < 1.29 is 19.0 Å². The molecule has 1 amide bonds. The molecule has 0 saturated carbocycles. The van der Waals surface area contributed by atoms with E-state index < -0.39 is 0 Å². The first-order valence-electron chi connectivity index (χ1n) is 8.63. The minimum atomic E-state index is -0.220. The van der Waals surface area contributed by atoms with Crippen molar-refractivity contribution in [2.75, 3.05) is 32.4 Å². The van der Waals surface area contributed by atoms with E-state index in [2.05, 4.69) is 20.8 Å². The van der Waals surface area contributed by atoms with Crippen LogP contribution in [0.1, 0.15) is 5.56 Å². The Bertz CT molecular complexity index is 966. The van der Waals surface area contributed by atoms with Crippen LogP contribution in [0.4, 0.5) is 5.69 Å². The molecule has 0 unspecified atom stereocenters. The number of amides is 1. The second kappa shape index (κ2) is 9.28. The van der Waals surface area contributed by atoms with Gasteiger partial charge in [-0.25, -0.2) is 0 Å². The van der Waals surface area contributed by atoms with Crippen molar-refractivity contribution in [2.24, 2.45) is 0 Å². The highest BCUT2D eigenvalue weighted by Crippen LogP contribution is 2.40. The van der Waals surface area contributed by atoms with Crippen LogP contribution >= 0.6 is 11.8 Å². The number of thioether (sulfide) groups is 1. The van der Waals surface area contributed by atoms with Crippen LogP contribution in [-0.2, 0) is 4.79 Å². The largest absolute Gasteiger partial charge is 0.493 e. The molecular formula is C19H21N5O4S. The molecule has 0 aliphatic carbocycles. The highest BCUT2D eigenvalue weighted by atomic mass is 32.2. The number of nitrogens with one attached hydrogen (secondary N) is 1. The predicted octanol–water partition coefficient (Wildman–Crippen LogP) is 2.73. The highest BCUT2D eigenvalue weighted by Gasteiger charge is 2.16. The van der Waals surface area contributed by atoms with Crippen molar-refractivity contribution in [1.29, 1.82) is 0 Å². The Morgan fingerprint density at radius 3 is 2.31 bits per heavy atom. The van der Waals surface area contributed by atoms with Gasteiger partial charge in [0.2, 0.25) is 16.8 Å². The van der Waals surface area contributed by atoms with Crippen molar-refractivity contribution in [3.63, 3.8) is 0 Å². The van der Waals surface area contributed by atoms with Gasteiger partial charge in [-0.15, -0.1) is 5.10 Å². The lowest BCUT2D eigenvalue weighted by Crippen LogP contribution is -2.15. The molecule has 9 nitrogen and oxygen atoms in total. The fourth-order valence-electron chi connectivity index (χ4n) is 2.60. The predicted molar refractivity (Wildman–Crippen MR) is 109 cm³/mol. The van der Waals surface area contributed by atoms with Gasteiger partial charge in [0.1, 0.15) is 0 Å². The zero-order chi connectivity index (χ0) is 20.8. The monoisotopic (exact) mass is 415 g/mol. The van der Waals surface area contributed by atoms with Gasteiger partial charge < -0.3 is 19.5 Å². The summed E-state index contributed by atoms with van der Waals surface area (Å²) in [6.45, 7) is 2.01. The van der Waals surface area contributed by atoms with Gasteiger partial charge in [-0.1, -0.05) is 29.5 Å². The van der Waals surface area contributed by atoms with Gasteiger partial charge in [0.15, 0.2) is 11.5 Å². The fraction of sp³-hybridized carbons (Fsp3) is 0.263. The van der Waals surface area contributed by atoms with Crippen molar-refractivity contribution in [2.45, 2.75) is 12.1 Å². The van der Waals surface area contributed by atoms with Crippen molar-refractivity contribution in [3.05, 3.63) is 42.0 Å². The SMILES string of the molecule is COc1cc(NC(=O)CSc2nnnn2-c2ccc(C)cc2)cc(OC)c1OC. The Morgan fingerprint density at radius 2 is 1.72 bits per heavy atom. The van der Waals surface area contributed by atoms with Crippen LogP contribution < -0.4 is 19.5 Å². The van der Waals surface area contributed by atoms with Crippen LogP contribution in [0.15, 0.2) is 41.6 Å². The maximum atomic E-state index is 12.4. The molecular weight excluding hydrogens is 394 g/mol. The summed E-state index contributed by atoms with van der Waals surface area (Å²) in [6.07, 6.45) is 0. The minimum absolute atomic E-state index is 0.128. The Morgan fingerprint density at radius 1 is 1.07 bits per heavy atom. The van der Waals surface area contributed by atoms with Crippen molar-refractivity contribution >= 4 is 23.4 Å². The van der Waals surface area contributed by atoms with E-state index in [0.29, 0.717) is 28.1 Å². The maximum Gasteiger partial charge on any atom is 0.234 e. The Hall–Kier alpha value is -3.27. The van der Waals surface area contributed by atoms with Gasteiger partial charge in [0, 0.05) is 17.8 Å². The molecule has 29 heavy (non-hydrogen) atoms. The van der Waals surface area contributed by atoms with E-state index in [1.807, 2.05) is 31.2 Å². The molecule has 1 N–H and O–H groups in total. The van der Waals surface area contributed by atoms with Crippen LogP contribution in [0, 0.1) is 6.92 Å². The first-order valence-corrected chi connectivity index (χ1v) is 9.62. The van der Waals surface area contributed by atoms with E-state index in [4.69, 9.17) is 14.2 Å². The summed E-state index contributed by atoms with van der Waals surface area (Å²) in [5, 5.41) is 15.0. The number of tetrazole rings is 1. The molecule has 0 spiro atoms. The number of carbonyl (C=O) groups is 1. The van der Waals surface area contributed by atoms with Gasteiger partial charge in [0.05, 0.1) is 32.8 Å². The van der Waals surface area contributed by atoms with E-state index in [1.54, 1.807) is 16.8 Å². The van der Waals surface area contributed by atoms with Gasteiger partial charge >= 0.3 is 0 Å². The normalized spacial score (nSPS) is 10.5. The fourth-order valence-corrected chi connectivity index (χ4v) is 3.29. The smallest absolute Gasteiger partial charge is 0.234 e. The molecule has 1 aromatic heterocycles. The molecule has 10 heteroatoms. The molecule has 0 radical (unpaired) electrons. The third kappa shape index (κ3) is 4.77. The number of methoxy groups -OCH3 is 3. The molecule has 0 fully saturated rings. The standard InChI is InChI=1S/C19H21N5O4S/c1-12-5-7-14(8-6-12)24-19(21-22-23-24)29-11-17(25)20-13-9-15(26-2)18(28-4)16(10-13)27-3/h5-10H,11H2,1-4H3,(H,20,25). The van der Waals surface area contributed by atoms with E-state index in [9.17, 15) is 4.79 Å². The Labute approximate surface area is 172 Å². The molecule has 0 aliphatic heterocycles. The number of carbonyl (C=O) groups excluding carboxylic acids is 1. The molecule has 1 heterocycles.